The molecule has 0 aromatic heterocycles. The number of benzene rings is 2. The average Bonchev–Trinajstić information content (AvgIpc) is 2.39. The number of anilines is 1. The van der Waals surface area contributed by atoms with Crippen LogP contribution in [0.15, 0.2) is 45.8 Å². The summed E-state index contributed by atoms with van der Waals surface area (Å²) in [7, 11) is 0. The molecule has 0 saturated heterocycles. The standard InChI is InChI=1S/C14H11BrFNO2S/c15-10-2-4-13(12(17)6-10)20-7-9-5-8(14(18)19)1-3-11(9)16/h1-6H,7,17H2,(H,18,19). The van der Waals surface area contributed by atoms with E-state index in [0.29, 0.717) is 17.0 Å². The molecule has 3 N–H and O–H groups in total. The highest BCUT2D eigenvalue weighted by Crippen LogP contribution is 2.31. The van der Waals surface area contributed by atoms with Crippen LogP contribution in [0, 0.1) is 5.82 Å². The van der Waals surface area contributed by atoms with E-state index >= 15 is 0 Å². The van der Waals surface area contributed by atoms with Crippen molar-refractivity contribution in [2.45, 2.75) is 10.6 Å². The summed E-state index contributed by atoms with van der Waals surface area (Å²) in [5.41, 5.74) is 6.88. The average molecular weight is 356 g/mol. The molecule has 0 amide bonds. The highest BCUT2D eigenvalue weighted by Gasteiger charge is 2.09. The van der Waals surface area contributed by atoms with Crippen LogP contribution < -0.4 is 5.73 Å². The van der Waals surface area contributed by atoms with Crippen LogP contribution in [-0.4, -0.2) is 11.1 Å². The summed E-state index contributed by atoms with van der Waals surface area (Å²) in [5.74, 6) is -1.17. The van der Waals surface area contributed by atoms with Gasteiger partial charge in [-0.2, -0.15) is 0 Å². The summed E-state index contributed by atoms with van der Waals surface area (Å²) >= 11 is 4.68. The van der Waals surface area contributed by atoms with Gasteiger partial charge in [0, 0.05) is 20.8 Å². The predicted octanol–water partition coefficient (Wildman–Crippen LogP) is 4.16. The number of carbonyl (C=O) groups is 1. The Hall–Kier alpha value is -1.53. The zero-order chi connectivity index (χ0) is 14.7. The van der Waals surface area contributed by atoms with E-state index in [-0.39, 0.29) is 5.56 Å². The van der Waals surface area contributed by atoms with E-state index in [1.165, 1.54) is 30.0 Å². The molecule has 0 aliphatic rings. The maximum absolute atomic E-state index is 13.7. The van der Waals surface area contributed by atoms with Crippen LogP contribution in [0.1, 0.15) is 15.9 Å². The number of nitrogen functional groups attached to an aromatic ring is 1. The van der Waals surface area contributed by atoms with Crippen molar-refractivity contribution in [3.05, 3.63) is 57.8 Å². The second kappa shape index (κ2) is 6.28. The highest BCUT2D eigenvalue weighted by atomic mass is 79.9. The number of halogens is 2. The lowest BCUT2D eigenvalue weighted by Gasteiger charge is -2.07. The molecule has 2 aromatic carbocycles. The fraction of sp³-hybridized carbons (Fsp3) is 0.0714. The first-order chi connectivity index (χ1) is 9.47. The van der Waals surface area contributed by atoms with Gasteiger partial charge in [-0.25, -0.2) is 9.18 Å². The Morgan fingerprint density at radius 1 is 1.30 bits per heavy atom. The van der Waals surface area contributed by atoms with Gasteiger partial charge in [-0.15, -0.1) is 11.8 Å². The third-order valence-corrected chi connectivity index (χ3v) is 4.28. The Morgan fingerprint density at radius 3 is 2.70 bits per heavy atom. The molecule has 20 heavy (non-hydrogen) atoms. The molecular formula is C14H11BrFNO2S. The normalized spacial score (nSPS) is 10.5. The van der Waals surface area contributed by atoms with Crippen molar-refractivity contribution in [3.63, 3.8) is 0 Å². The Balaban J connectivity index is 2.18. The van der Waals surface area contributed by atoms with Gasteiger partial charge in [-0.1, -0.05) is 15.9 Å². The van der Waals surface area contributed by atoms with Crippen molar-refractivity contribution in [1.82, 2.24) is 0 Å². The molecular weight excluding hydrogens is 345 g/mol. The predicted molar refractivity (Wildman–Crippen MR) is 81.5 cm³/mol. The van der Waals surface area contributed by atoms with E-state index < -0.39 is 11.8 Å². The molecule has 0 heterocycles. The Kier molecular flexibility index (Phi) is 4.67. The summed E-state index contributed by atoms with van der Waals surface area (Å²) in [5, 5.41) is 8.91. The van der Waals surface area contributed by atoms with Crippen molar-refractivity contribution in [2.24, 2.45) is 0 Å². The van der Waals surface area contributed by atoms with Gasteiger partial charge < -0.3 is 10.8 Å². The molecule has 2 aromatic rings. The van der Waals surface area contributed by atoms with Gasteiger partial charge in [-0.05, 0) is 42.0 Å². The Labute approximate surface area is 128 Å². The lowest BCUT2D eigenvalue weighted by molar-refractivity contribution is 0.0696. The molecule has 0 spiro atoms. The molecule has 0 atom stereocenters. The number of nitrogens with two attached hydrogens (primary N) is 1. The van der Waals surface area contributed by atoms with Gasteiger partial charge in [0.05, 0.1) is 5.56 Å². The second-order valence-corrected chi connectivity index (χ2v) is 6.02. The number of hydrogen-bond donors (Lipinski definition) is 2. The first-order valence-corrected chi connectivity index (χ1v) is 7.45. The first-order valence-electron chi connectivity index (χ1n) is 5.67. The zero-order valence-corrected chi connectivity index (χ0v) is 12.7. The fourth-order valence-electron chi connectivity index (χ4n) is 1.62. The van der Waals surface area contributed by atoms with Crippen LogP contribution in [0.25, 0.3) is 0 Å². The molecule has 3 nitrogen and oxygen atoms in total. The highest BCUT2D eigenvalue weighted by molar-refractivity contribution is 9.10. The Morgan fingerprint density at radius 2 is 2.05 bits per heavy atom. The van der Waals surface area contributed by atoms with Gasteiger partial charge >= 0.3 is 5.97 Å². The van der Waals surface area contributed by atoms with E-state index in [1.54, 1.807) is 6.07 Å². The number of hydrogen-bond acceptors (Lipinski definition) is 3. The van der Waals surface area contributed by atoms with Crippen LogP contribution in [0.5, 0.6) is 0 Å². The SMILES string of the molecule is Nc1cc(Br)ccc1SCc1cc(C(=O)O)ccc1F. The number of aromatic carboxylic acids is 1. The van der Waals surface area contributed by atoms with E-state index in [1.807, 2.05) is 12.1 Å². The molecule has 6 heteroatoms. The number of carboxylic acids is 1. The van der Waals surface area contributed by atoms with Crippen molar-refractivity contribution in [1.29, 1.82) is 0 Å². The van der Waals surface area contributed by atoms with Gasteiger partial charge in [-0.3, -0.25) is 0 Å². The minimum Gasteiger partial charge on any atom is -0.478 e. The third kappa shape index (κ3) is 3.52. The maximum Gasteiger partial charge on any atom is 0.335 e. The molecule has 2 rings (SSSR count). The fourth-order valence-corrected chi connectivity index (χ4v) is 2.93. The number of rotatable bonds is 4. The quantitative estimate of drug-likeness (QED) is 0.638. The molecule has 0 fully saturated rings. The third-order valence-electron chi connectivity index (χ3n) is 2.65. The second-order valence-electron chi connectivity index (χ2n) is 4.08. The molecule has 104 valence electrons. The van der Waals surface area contributed by atoms with E-state index in [0.717, 1.165) is 9.37 Å². The van der Waals surface area contributed by atoms with Crippen molar-refractivity contribution >= 4 is 39.3 Å². The zero-order valence-electron chi connectivity index (χ0n) is 10.3. The van der Waals surface area contributed by atoms with Gasteiger partial charge in [0.25, 0.3) is 0 Å². The van der Waals surface area contributed by atoms with Crippen LogP contribution in [0.4, 0.5) is 10.1 Å². The van der Waals surface area contributed by atoms with Gasteiger partial charge in [0.1, 0.15) is 5.82 Å². The van der Waals surface area contributed by atoms with Crippen LogP contribution in [0.2, 0.25) is 0 Å². The molecule has 0 aliphatic heterocycles. The summed E-state index contributed by atoms with van der Waals surface area (Å²) in [6.45, 7) is 0. The molecule has 0 aliphatic carbocycles. The maximum atomic E-state index is 13.7. The minimum absolute atomic E-state index is 0.0748. The van der Waals surface area contributed by atoms with Gasteiger partial charge in [0.15, 0.2) is 0 Å². The molecule has 0 radical (unpaired) electrons. The summed E-state index contributed by atoms with van der Waals surface area (Å²) in [6.07, 6.45) is 0. The van der Waals surface area contributed by atoms with Crippen LogP contribution in [-0.2, 0) is 5.75 Å². The lowest BCUT2D eigenvalue weighted by Crippen LogP contribution is -1.99. The van der Waals surface area contributed by atoms with Crippen LogP contribution >= 0.6 is 27.7 Å². The monoisotopic (exact) mass is 355 g/mol. The summed E-state index contributed by atoms with van der Waals surface area (Å²) in [6, 6.07) is 9.22. The van der Waals surface area contributed by atoms with Crippen molar-refractivity contribution in [3.8, 4) is 0 Å². The number of carboxylic acid groups (broad SMARTS) is 1. The lowest BCUT2D eigenvalue weighted by atomic mass is 10.1. The molecule has 0 saturated carbocycles. The molecule has 0 unspecified atom stereocenters. The summed E-state index contributed by atoms with van der Waals surface area (Å²) in [4.78, 5) is 11.7. The van der Waals surface area contributed by atoms with E-state index in [9.17, 15) is 9.18 Å². The molecule has 0 bridgehead atoms. The largest absolute Gasteiger partial charge is 0.478 e. The first kappa shape index (κ1) is 14.9. The minimum atomic E-state index is -1.07. The smallest absolute Gasteiger partial charge is 0.335 e. The number of thioether (sulfide) groups is 1. The van der Waals surface area contributed by atoms with E-state index in [2.05, 4.69) is 15.9 Å². The van der Waals surface area contributed by atoms with E-state index in [4.69, 9.17) is 10.8 Å². The van der Waals surface area contributed by atoms with Crippen LogP contribution in [0.3, 0.4) is 0 Å². The van der Waals surface area contributed by atoms with Gasteiger partial charge in [0.2, 0.25) is 0 Å². The topological polar surface area (TPSA) is 63.3 Å². The summed E-state index contributed by atoms with van der Waals surface area (Å²) < 4.78 is 14.5. The Bertz CT molecular complexity index is 664. The van der Waals surface area contributed by atoms with Crippen molar-refractivity contribution < 1.29 is 14.3 Å². The van der Waals surface area contributed by atoms with Crippen molar-refractivity contribution in [2.75, 3.05) is 5.73 Å².